The van der Waals surface area contributed by atoms with Gasteiger partial charge in [-0.2, -0.15) is 4.98 Å². The number of rotatable bonds is 2. The molecule has 0 spiro atoms. The summed E-state index contributed by atoms with van der Waals surface area (Å²) in [4.78, 5) is 19.5. The fourth-order valence-electron chi connectivity index (χ4n) is 2.74. The van der Waals surface area contributed by atoms with Crippen LogP contribution >= 0.6 is 11.3 Å². The van der Waals surface area contributed by atoms with Crippen molar-refractivity contribution >= 4 is 39.5 Å². The first-order valence-electron chi connectivity index (χ1n) is 6.79. The van der Waals surface area contributed by atoms with Gasteiger partial charge in [0.25, 0.3) is 5.91 Å². The SMILES string of the molecule is COc1nc2sccn2c1/C=C1/C(=O)N(C)c2ccccc21. The Morgan fingerprint density at radius 2 is 2.14 bits per heavy atom. The predicted octanol–water partition coefficient (Wildman–Crippen LogP) is 2.92. The highest BCUT2D eigenvalue weighted by atomic mass is 32.1. The molecule has 0 atom stereocenters. The smallest absolute Gasteiger partial charge is 0.258 e. The lowest BCUT2D eigenvalue weighted by Crippen LogP contribution is -2.20. The number of aromatic nitrogens is 2. The van der Waals surface area contributed by atoms with Gasteiger partial charge in [0, 0.05) is 24.2 Å². The van der Waals surface area contributed by atoms with Gasteiger partial charge < -0.3 is 9.64 Å². The van der Waals surface area contributed by atoms with Crippen molar-refractivity contribution in [1.29, 1.82) is 0 Å². The summed E-state index contributed by atoms with van der Waals surface area (Å²) in [5.41, 5.74) is 3.29. The third kappa shape index (κ3) is 1.70. The number of amides is 1. The summed E-state index contributed by atoms with van der Waals surface area (Å²) >= 11 is 1.53. The second-order valence-corrected chi connectivity index (χ2v) is 5.87. The molecule has 2 aromatic heterocycles. The summed E-state index contributed by atoms with van der Waals surface area (Å²) in [5, 5.41) is 1.96. The third-order valence-corrected chi connectivity index (χ3v) is 4.59. The fraction of sp³-hybridized carbons (Fsp3) is 0.125. The molecule has 4 rings (SSSR count). The minimum absolute atomic E-state index is 0.0200. The van der Waals surface area contributed by atoms with Crippen LogP contribution in [0.4, 0.5) is 5.69 Å². The van der Waals surface area contributed by atoms with E-state index in [-0.39, 0.29) is 5.91 Å². The number of likely N-dealkylation sites (N-methyl/N-ethyl adjacent to an activating group) is 1. The van der Waals surface area contributed by atoms with E-state index in [4.69, 9.17) is 4.74 Å². The summed E-state index contributed by atoms with van der Waals surface area (Å²) in [7, 11) is 3.38. The standard InChI is InChI=1S/C16H13N3O2S/c1-18-12-6-4-3-5-10(12)11(15(18)20)9-13-14(21-2)17-16-19(13)7-8-22-16/h3-9H,1-2H3/b11-9+. The van der Waals surface area contributed by atoms with E-state index in [1.807, 2.05) is 46.3 Å². The van der Waals surface area contributed by atoms with Crippen LogP contribution in [0.25, 0.3) is 16.6 Å². The van der Waals surface area contributed by atoms with Gasteiger partial charge in [0.15, 0.2) is 4.96 Å². The minimum Gasteiger partial charge on any atom is -0.479 e. The van der Waals surface area contributed by atoms with Crippen LogP contribution in [-0.2, 0) is 4.79 Å². The van der Waals surface area contributed by atoms with Gasteiger partial charge in [0.1, 0.15) is 5.69 Å². The molecule has 0 bridgehead atoms. The number of para-hydroxylation sites is 1. The predicted molar refractivity (Wildman–Crippen MR) is 87.3 cm³/mol. The van der Waals surface area contributed by atoms with Crippen molar-refractivity contribution in [2.45, 2.75) is 0 Å². The van der Waals surface area contributed by atoms with Crippen molar-refractivity contribution in [3.05, 3.63) is 47.1 Å². The average Bonchev–Trinajstić information content (AvgIpc) is 3.18. The van der Waals surface area contributed by atoms with Crippen molar-refractivity contribution in [3.63, 3.8) is 0 Å². The second kappa shape index (κ2) is 4.71. The van der Waals surface area contributed by atoms with Gasteiger partial charge in [-0.3, -0.25) is 9.20 Å². The summed E-state index contributed by atoms with van der Waals surface area (Å²) in [5.74, 6) is 0.507. The third-order valence-electron chi connectivity index (χ3n) is 3.83. The second-order valence-electron chi connectivity index (χ2n) is 5.00. The van der Waals surface area contributed by atoms with Gasteiger partial charge >= 0.3 is 0 Å². The molecule has 1 amide bonds. The molecule has 0 unspecified atom stereocenters. The minimum atomic E-state index is -0.0200. The van der Waals surface area contributed by atoms with Crippen molar-refractivity contribution in [3.8, 4) is 5.88 Å². The first-order chi connectivity index (χ1) is 10.7. The van der Waals surface area contributed by atoms with E-state index in [9.17, 15) is 4.79 Å². The van der Waals surface area contributed by atoms with E-state index in [0.29, 0.717) is 11.5 Å². The maximum atomic E-state index is 12.6. The molecule has 22 heavy (non-hydrogen) atoms. The number of hydrogen-bond acceptors (Lipinski definition) is 4. The Bertz CT molecular complexity index is 923. The number of benzene rings is 1. The topological polar surface area (TPSA) is 46.8 Å². The lowest BCUT2D eigenvalue weighted by molar-refractivity contribution is -0.112. The number of thiazole rings is 1. The zero-order valence-corrected chi connectivity index (χ0v) is 12.9. The van der Waals surface area contributed by atoms with E-state index in [1.54, 1.807) is 19.1 Å². The van der Waals surface area contributed by atoms with Crippen LogP contribution in [-0.4, -0.2) is 29.4 Å². The number of anilines is 1. The van der Waals surface area contributed by atoms with Gasteiger partial charge in [-0.1, -0.05) is 18.2 Å². The van der Waals surface area contributed by atoms with Crippen LogP contribution in [0.3, 0.4) is 0 Å². The van der Waals surface area contributed by atoms with Crippen LogP contribution in [0.2, 0.25) is 0 Å². The van der Waals surface area contributed by atoms with E-state index in [1.165, 1.54) is 11.3 Å². The molecule has 0 N–H and O–H groups in total. The van der Waals surface area contributed by atoms with Crippen LogP contribution < -0.4 is 9.64 Å². The molecule has 110 valence electrons. The molecule has 1 aromatic carbocycles. The van der Waals surface area contributed by atoms with Gasteiger partial charge in [-0.25, -0.2) is 0 Å². The largest absolute Gasteiger partial charge is 0.479 e. The Morgan fingerprint density at radius 3 is 2.95 bits per heavy atom. The lowest BCUT2D eigenvalue weighted by Gasteiger charge is -2.07. The molecular weight excluding hydrogens is 298 g/mol. The van der Waals surface area contributed by atoms with Crippen molar-refractivity contribution < 1.29 is 9.53 Å². The number of hydrogen-bond donors (Lipinski definition) is 0. The molecule has 5 nitrogen and oxygen atoms in total. The van der Waals surface area contributed by atoms with Gasteiger partial charge in [-0.05, 0) is 12.1 Å². The van der Waals surface area contributed by atoms with E-state index in [0.717, 1.165) is 21.9 Å². The average molecular weight is 311 g/mol. The van der Waals surface area contributed by atoms with Crippen LogP contribution in [0, 0.1) is 0 Å². The van der Waals surface area contributed by atoms with Crippen LogP contribution in [0.1, 0.15) is 11.3 Å². The summed E-state index contributed by atoms with van der Waals surface area (Å²) in [6.07, 6.45) is 3.78. The van der Waals surface area contributed by atoms with E-state index in [2.05, 4.69) is 4.98 Å². The quantitative estimate of drug-likeness (QED) is 0.684. The molecule has 0 saturated heterocycles. The van der Waals surface area contributed by atoms with Crippen molar-refractivity contribution in [2.24, 2.45) is 0 Å². The summed E-state index contributed by atoms with van der Waals surface area (Å²) in [6, 6.07) is 7.78. The molecule has 1 aliphatic rings. The molecule has 0 radical (unpaired) electrons. The van der Waals surface area contributed by atoms with Gasteiger partial charge in [0.2, 0.25) is 5.88 Å². The Labute approximate surface area is 131 Å². The molecule has 1 aliphatic heterocycles. The Balaban J connectivity index is 1.95. The number of carbonyl (C=O) groups is 1. The highest BCUT2D eigenvalue weighted by molar-refractivity contribution is 7.15. The Morgan fingerprint density at radius 1 is 1.32 bits per heavy atom. The molecule has 0 fully saturated rings. The van der Waals surface area contributed by atoms with Crippen molar-refractivity contribution in [1.82, 2.24) is 9.38 Å². The number of ether oxygens (including phenoxy) is 1. The fourth-order valence-corrected chi connectivity index (χ4v) is 3.45. The lowest BCUT2D eigenvalue weighted by atomic mass is 10.1. The number of fused-ring (bicyclic) bond motifs is 2. The number of methoxy groups -OCH3 is 1. The molecule has 6 heteroatoms. The van der Waals surface area contributed by atoms with Crippen molar-refractivity contribution in [2.75, 3.05) is 19.1 Å². The highest BCUT2D eigenvalue weighted by Crippen LogP contribution is 2.37. The van der Waals surface area contributed by atoms with Gasteiger partial charge in [-0.15, -0.1) is 11.3 Å². The van der Waals surface area contributed by atoms with Crippen LogP contribution in [0.5, 0.6) is 5.88 Å². The first-order valence-corrected chi connectivity index (χ1v) is 7.67. The van der Waals surface area contributed by atoms with E-state index < -0.39 is 0 Å². The first kappa shape index (κ1) is 13.1. The van der Waals surface area contributed by atoms with Gasteiger partial charge in [0.05, 0.1) is 18.4 Å². The normalized spacial score (nSPS) is 15.8. The maximum absolute atomic E-state index is 12.6. The molecule has 0 aliphatic carbocycles. The molecule has 3 heterocycles. The number of nitrogens with zero attached hydrogens (tertiary/aromatic N) is 3. The molecule has 0 saturated carbocycles. The summed E-state index contributed by atoms with van der Waals surface area (Å²) < 4.78 is 7.29. The van der Waals surface area contributed by atoms with E-state index >= 15 is 0 Å². The number of imidazole rings is 1. The Kier molecular flexibility index (Phi) is 2.80. The monoisotopic (exact) mass is 311 g/mol. The zero-order valence-electron chi connectivity index (χ0n) is 12.1. The van der Waals surface area contributed by atoms with Crippen LogP contribution in [0.15, 0.2) is 35.8 Å². The summed E-state index contributed by atoms with van der Waals surface area (Å²) in [6.45, 7) is 0. The Hall–Kier alpha value is -2.60. The highest BCUT2D eigenvalue weighted by Gasteiger charge is 2.30. The maximum Gasteiger partial charge on any atom is 0.258 e. The molecule has 3 aromatic rings. The number of carbonyl (C=O) groups excluding carboxylic acids is 1. The zero-order chi connectivity index (χ0) is 15.3. The molecular formula is C16H13N3O2S.